The number of hydrogen-bond acceptors (Lipinski definition) is 8. The van der Waals surface area contributed by atoms with Gasteiger partial charge in [0.25, 0.3) is 11.8 Å². The first-order valence-electron chi connectivity index (χ1n) is 16.1. The number of likely N-dealkylation sites (N-methyl/N-ethyl adjacent to an activating group) is 1. The van der Waals surface area contributed by atoms with E-state index in [1.807, 2.05) is 33.0 Å². The van der Waals surface area contributed by atoms with Crippen molar-refractivity contribution in [1.29, 1.82) is 0 Å². The maximum atomic E-state index is 14.3. The number of nitrogens with zero attached hydrogens (tertiary/aromatic N) is 3. The second-order valence-corrected chi connectivity index (χ2v) is 12.4. The summed E-state index contributed by atoms with van der Waals surface area (Å²) in [4.78, 5) is 46.2. The number of carboxylic acids is 1. The zero-order valence-corrected chi connectivity index (χ0v) is 27.6. The van der Waals surface area contributed by atoms with Gasteiger partial charge in [0.05, 0.1) is 36.0 Å². The molecule has 1 aromatic heterocycles. The van der Waals surface area contributed by atoms with E-state index in [0.717, 1.165) is 24.8 Å². The summed E-state index contributed by atoms with van der Waals surface area (Å²) in [5.41, 5.74) is 2.41. The van der Waals surface area contributed by atoms with E-state index in [2.05, 4.69) is 15.2 Å². The zero-order valence-electron chi connectivity index (χ0n) is 27.6. The third-order valence-electron chi connectivity index (χ3n) is 8.40. The Hall–Kier alpha value is -4.32. The molecule has 2 heterocycles. The number of amides is 2. The number of anilines is 1. The number of pyridine rings is 1. The van der Waals surface area contributed by atoms with Gasteiger partial charge in [-0.2, -0.15) is 0 Å². The Kier molecular flexibility index (Phi) is 12.9. The fourth-order valence-electron chi connectivity index (χ4n) is 5.61. The molecule has 0 aliphatic carbocycles. The zero-order chi connectivity index (χ0) is 33.9. The fraction of sp³-hybridized carbons (Fsp3) is 0.444. The van der Waals surface area contributed by atoms with Crippen molar-refractivity contribution in [3.05, 3.63) is 89.2 Å². The monoisotopic (exact) mass is 646 g/mol. The van der Waals surface area contributed by atoms with E-state index in [4.69, 9.17) is 9.47 Å². The Bertz CT molecular complexity index is 1480. The molecule has 1 aliphatic rings. The molecule has 0 bridgehead atoms. The highest BCUT2D eigenvalue weighted by Crippen LogP contribution is 2.29. The molecule has 47 heavy (non-hydrogen) atoms. The average Bonchev–Trinajstić information content (AvgIpc) is 3.06. The van der Waals surface area contributed by atoms with Crippen LogP contribution in [0.4, 0.5) is 5.69 Å². The molecule has 11 heteroatoms. The van der Waals surface area contributed by atoms with Crippen LogP contribution in [-0.2, 0) is 11.3 Å². The number of aliphatic hydroxyl groups is 1. The minimum absolute atomic E-state index is 0.106. The number of aromatic nitrogens is 1. The Morgan fingerprint density at radius 3 is 2.47 bits per heavy atom. The lowest BCUT2D eigenvalue weighted by molar-refractivity contribution is -0.0177. The molecule has 252 valence electrons. The largest absolute Gasteiger partial charge is 0.490 e. The first kappa shape index (κ1) is 35.5. The summed E-state index contributed by atoms with van der Waals surface area (Å²) >= 11 is 0. The van der Waals surface area contributed by atoms with Crippen LogP contribution in [0.5, 0.6) is 5.75 Å². The molecule has 0 radical (unpaired) electrons. The van der Waals surface area contributed by atoms with Gasteiger partial charge in [-0.05, 0) is 88.2 Å². The third-order valence-corrected chi connectivity index (χ3v) is 8.40. The van der Waals surface area contributed by atoms with E-state index in [0.29, 0.717) is 48.8 Å². The Morgan fingerprint density at radius 2 is 1.79 bits per heavy atom. The predicted octanol–water partition coefficient (Wildman–Crippen LogP) is 4.96. The van der Waals surface area contributed by atoms with E-state index >= 15 is 0 Å². The maximum Gasteiger partial charge on any atom is 0.335 e. The smallest absolute Gasteiger partial charge is 0.335 e. The molecule has 3 aromatic rings. The van der Waals surface area contributed by atoms with Crippen molar-refractivity contribution in [3.8, 4) is 5.75 Å². The summed E-state index contributed by atoms with van der Waals surface area (Å²) in [6, 6.07) is 14.6. The molecule has 0 spiro atoms. The van der Waals surface area contributed by atoms with Gasteiger partial charge in [0.15, 0.2) is 0 Å². The van der Waals surface area contributed by atoms with Gasteiger partial charge in [-0.1, -0.05) is 19.1 Å². The fourth-order valence-corrected chi connectivity index (χ4v) is 5.61. The molecule has 2 aromatic carbocycles. The molecule has 0 saturated carbocycles. The number of benzene rings is 2. The van der Waals surface area contributed by atoms with Crippen LogP contribution >= 0.6 is 0 Å². The molecular formula is C36H46N4O7. The van der Waals surface area contributed by atoms with Gasteiger partial charge in [-0.25, -0.2) is 4.79 Å². The highest BCUT2D eigenvalue weighted by Gasteiger charge is 2.30. The molecular weight excluding hydrogens is 600 g/mol. The number of carbonyl (C=O) groups is 3. The maximum absolute atomic E-state index is 14.3. The Morgan fingerprint density at radius 1 is 1.06 bits per heavy atom. The van der Waals surface area contributed by atoms with E-state index < -0.39 is 12.0 Å². The lowest BCUT2D eigenvalue weighted by atomic mass is 10.0. The number of carboxylic acid groups (broad SMARTS) is 1. The van der Waals surface area contributed by atoms with Gasteiger partial charge < -0.3 is 29.9 Å². The summed E-state index contributed by atoms with van der Waals surface area (Å²) in [5, 5.41) is 22.3. The number of hydrogen-bond donors (Lipinski definition) is 3. The van der Waals surface area contributed by atoms with Crippen molar-refractivity contribution in [2.75, 3.05) is 38.7 Å². The number of aliphatic hydroxyl groups excluding tert-OH is 1. The van der Waals surface area contributed by atoms with Crippen LogP contribution in [0.3, 0.4) is 0 Å². The summed E-state index contributed by atoms with van der Waals surface area (Å²) in [6.07, 6.45) is 5.19. The lowest BCUT2D eigenvalue weighted by Crippen LogP contribution is -2.47. The summed E-state index contributed by atoms with van der Waals surface area (Å²) in [5.74, 6) is -1.29. The van der Waals surface area contributed by atoms with Gasteiger partial charge >= 0.3 is 5.97 Å². The van der Waals surface area contributed by atoms with Crippen molar-refractivity contribution in [3.63, 3.8) is 0 Å². The van der Waals surface area contributed by atoms with Crippen LogP contribution in [0.1, 0.15) is 76.7 Å². The SMILES string of the molecule is C[C@@H]1CCCCO[C@@H](CN(C)Cc2ccc(C(=O)O)cc2)[C@@H](C)CN([C@@H](C)CO)C(=O)c2cc(NC(=O)c3ccncc3)ccc2O1. The number of fused-ring (bicyclic) bond motifs is 1. The summed E-state index contributed by atoms with van der Waals surface area (Å²) in [6.45, 7) is 7.63. The Balaban J connectivity index is 1.59. The lowest BCUT2D eigenvalue weighted by Gasteiger charge is -2.36. The summed E-state index contributed by atoms with van der Waals surface area (Å²) < 4.78 is 12.7. The molecule has 0 fully saturated rings. The van der Waals surface area contributed by atoms with Gasteiger partial charge in [0, 0.05) is 55.8 Å². The quantitative estimate of drug-likeness (QED) is 0.294. The van der Waals surface area contributed by atoms with E-state index in [9.17, 15) is 24.6 Å². The van der Waals surface area contributed by atoms with E-state index in [-0.39, 0.29) is 42.1 Å². The highest BCUT2D eigenvalue weighted by atomic mass is 16.5. The van der Waals surface area contributed by atoms with Crippen molar-refractivity contribution in [1.82, 2.24) is 14.8 Å². The first-order valence-corrected chi connectivity index (χ1v) is 16.1. The van der Waals surface area contributed by atoms with Crippen molar-refractivity contribution in [2.24, 2.45) is 5.92 Å². The molecule has 0 unspecified atom stereocenters. The van der Waals surface area contributed by atoms with Crippen LogP contribution < -0.4 is 10.1 Å². The second-order valence-electron chi connectivity index (χ2n) is 12.4. The van der Waals surface area contributed by atoms with Crippen LogP contribution in [0.15, 0.2) is 67.0 Å². The van der Waals surface area contributed by atoms with Crippen molar-refractivity contribution < 1.29 is 34.1 Å². The van der Waals surface area contributed by atoms with Crippen LogP contribution in [0.25, 0.3) is 0 Å². The average molecular weight is 647 g/mol. The van der Waals surface area contributed by atoms with E-state index in [1.54, 1.807) is 66.7 Å². The number of nitrogens with one attached hydrogen (secondary N) is 1. The van der Waals surface area contributed by atoms with Crippen molar-refractivity contribution >= 4 is 23.5 Å². The number of ether oxygens (including phenoxy) is 2. The minimum Gasteiger partial charge on any atom is -0.490 e. The standard InChI is InChI=1S/C36H46N4O7/c1-24-20-40(25(2)23-41)35(43)31-19-30(38-34(42)28-14-16-37-17-15-28)12-13-32(31)47-26(3)7-5-6-18-46-33(24)22-39(4)21-27-8-10-29(11-9-27)36(44)45/h8-17,19,24-26,33,41H,5-7,18,20-23H2,1-4H3,(H,38,42)(H,44,45)/t24-,25-,26+,33-/m0/s1. The molecule has 0 saturated heterocycles. The third kappa shape index (κ3) is 10.1. The highest BCUT2D eigenvalue weighted by molar-refractivity contribution is 6.05. The van der Waals surface area contributed by atoms with E-state index in [1.165, 1.54) is 0 Å². The first-order chi connectivity index (χ1) is 22.5. The van der Waals surface area contributed by atoms with Crippen molar-refractivity contribution in [2.45, 2.75) is 64.8 Å². The predicted molar refractivity (Wildman–Crippen MR) is 179 cm³/mol. The minimum atomic E-state index is -0.961. The number of aromatic carboxylic acids is 1. The number of rotatable bonds is 9. The number of carbonyl (C=O) groups excluding carboxylic acids is 2. The molecule has 11 nitrogen and oxygen atoms in total. The van der Waals surface area contributed by atoms with Crippen LogP contribution in [0.2, 0.25) is 0 Å². The normalized spacial score (nSPS) is 20.1. The van der Waals surface area contributed by atoms with Crippen LogP contribution in [-0.4, -0.2) is 94.4 Å². The van der Waals surface area contributed by atoms with Gasteiger partial charge in [-0.3, -0.25) is 19.5 Å². The Labute approximate surface area is 276 Å². The van der Waals surface area contributed by atoms with Gasteiger partial charge in [-0.15, -0.1) is 0 Å². The molecule has 2 amide bonds. The molecule has 4 rings (SSSR count). The molecule has 4 atom stereocenters. The van der Waals surface area contributed by atoms with Crippen LogP contribution in [0, 0.1) is 5.92 Å². The topological polar surface area (TPSA) is 142 Å². The molecule has 3 N–H and O–H groups in total. The molecule has 1 aliphatic heterocycles. The second kappa shape index (κ2) is 17.0. The van der Waals surface area contributed by atoms with Gasteiger partial charge in [0.2, 0.25) is 0 Å². The van der Waals surface area contributed by atoms with Gasteiger partial charge in [0.1, 0.15) is 5.75 Å². The summed E-state index contributed by atoms with van der Waals surface area (Å²) in [7, 11) is 1.99.